The first-order valence-electron chi connectivity index (χ1n) is 12.8. The van der Waals surface area contributed by atoms with Gasteiger partial charge in [-0.3, -0.25) is 9.69 Å². The predicted molar refractivity (Wildman–Crippen MR) is 144 cm³/mol. The van der Waals surface area contributed by atoms with Crippen molar-refractivity contribution < 1.29 is 31.8 Å². The van der Waals surface area contributed by atoms with Gasteiger partial charge in [-0.1, -0.05) is 6.58 Å². The van der Waals surface area contributed by atoms with Crippen molar-refractivity contribution in [3.8, 4) is 11.6 Å². The minimum Gasteiger partial charge on any atom is -0.469 e. The molecule has 1 N–H and O–H groups in total. The SMILES string of the molecule is C=C(Nc1ccc(F)c(C(F)(F)F)c1)n1ccc2cc(Oc3cc(CN4CCC(C(=O)OC)CC4)ncn3)ccc21. The second kappa shape index (κ2) is 11.6. The highest BCUT2D eigenvalue weighted by Crippen LogP contribution is 2.34. The van der Waals surface area contributed by atoms with E-state index in [4.69, 9.17) is 9.47 Å². The van der Waals surface area contributed by atoms with Crippen molar-refractivity contribution in [2.45, 2.75) is 25.6 Å². The molecule has 0 spiro atoms. The maximum absolute atomic E-state index is 13.6. The predicted octanol–water partition coefficient (Wildman–Crippen LogP) is 6.31. The van der Waals surface area contributed by atoms with Gasteiger partial charge in [0.1, 0.15) is 23.7 Å². The molecule has 0 saturated carbocycles. The van der Waals surface area contributed by atoms with E-state index >= 15 is 0 Å². The first-order chi connectivity index (χ1) is 19.6. The number of piperidine rings is 1. The molecule has 41 heavy (non-hydrogen) atoms. The van der Waals surface area contributed by atoms with Crippen LogP contribution in [0, 0.1) is 11.7 Å². The molecule has 214 valence electrons. The van der Waals surface area contributed by atoms with Crippen molar-refractivity contribution >= 4 is 28.4 Å². The van der Waals surface area contributed by atoms with Gasteiger partial charge in [-0.15, -0.1) is 0 Å². The highest BCUT2D eigenvalue weighted by Gasteiger charge is 2.34. The van der Waals surface area contributed by atoms with Crippen molar-refractivity contribution in [3.63, 3.8) is 0 Å². The van der Waals surface area contributed by atoms with Crippen LogP contribution in [0.4, 0.5) is 23.2 Å². The number of methoxy groups -OCH3 is 1. The fourth-order valence-electron chi connectivity index (χ4n) is 4.83. The largest absolute Gasteiger partial charge is 0.469 e. The van der Waals surface area contributed by atoms with E-state index in [2.05, 4.69) is 26.8 Å². The molecule has 1 fully saturated rings. The zero-order valence-electron chi connectivity index (χ0n) is 22.1. The summed E-state index contributed by atoms with van der Waals surface area (Å²) in [7, 11) is 1.41. The number of hydrogen-bond donors (Lipinski definition) is 1. The van der Waals surface area contributed by atoms with Crippen LogP contribution < -0.4 is 10.1 Å². The smallest absolute Gasteiger partial charge is 0.419 e. The molecule has 0 radical (unpaired) electrons. The van der Waals surface area contributed by atoms with Crippen LogP contribution in [0.1, 0.15) is 24.1 Å². The number of halogens is 4. The summed E-state index contributed by atoms with van der Waals surface area (Å²) in [6.45, 7) is 6.05. The lowest BCUT2D eigenvalue weighted by Gasteiger charge is -2.30. The minimum atomic E-state index is -4.81. The Hall–Kier alpha value is -4.45. The topological polar surface area (TPSA) is 81.5 Å². The Bertz CT molecular complexity index is 1580. The molecule has 1 aliphatic rings. The molecule has 2 aromatic carbocycles. The number of anilines is 1. The average molecular weight is 570 g/mol. The number of carbonyl (C=O) groups excluding carboxylic acids is 1. The van der Waals surface area contributed by atoms with E-state index in [9.17, 15) is 22.4 Å². The zero-order valence-corrected chi connectivity index (χ0v) is 22.1. The van der Waals surface area contributed by atoms with Crippen molar-refractivity contribution in [1.82, 2.24) is 19.4 Å². The van der Waals surface area contributed by atoms with Gasteiger partial charge in [0.2, 0.25) is 5.88 Å². The number of alkyl halides is 3. The van der Waals surface area contributed by atoms with Crippen molar-refractivity contribution in [3.05, 3.63) is 84.7 Å². The maximum Gasteiger partial charge on any atom is 0.419 e. The van der Waals surface area contributed by atoms with Crippen molar-refractivity contribution in [1.29, 1.82) is 0 Å². The van der Waals surface area contributed by atoms with Crippen molar-refractivity contribution in [2.24, 2.45) is 5.92 Å². The number of fused-ring (bicyclic) bond motifs is 1. The number of likely N-dealkylation sites (tertiary alicyclic amines) is 1. The number of aromatic nitrogens is 3. The Kier molecular flexibility index (Phi) is 7.93. The lowest BCUT2D eigenvalue weighted by Crippen LogP contribution is -2.36. The van der Waals surface area contributed by atoms with E-state index in [1.807, 2.05) is 6.07 Å². The number of nitrogens with zero attached hydrogens (tertiary/aromatic N) is 4. The number of carbonyl (C=O) groups is 1. The Morgan fingerprint density at radius 2 is 1.88 bits per heavy atom. The fourth-order valence-corrected chi connectivity index (χ4v) is 4.83. The normalized spacial score (nSPS) is 14.7. The van der Waals surface area contributed by atoms with Gasteiger partial charge < -0.3 is 19.4 Å². The summed E-state index contributed by atoms with van der Waals surface area (Å²) in [5, 5.41) is 3.60. The highest BCUT2D eigenvalue weighted by atomic mass is 19.4. The molecule has 12 heteroatoms. The monoisotopic (exact) mass is 569 g/mol. The standard InChI is InChI=1S/C29H27F4N5O3/c1-18(36-21-3-5-25(30)24(14-21)29(31,32)33)38-12-9-20-13-23(4-6-26(20)38)41-27-15-22(34-17-35-27)16-37-10-7-19(8-11-37)28(39)40-2/h3-6,9,12-15,17,19,36H,1,7-8,10-11,16H2,2H3. The molecule has 0 bridgehead atoms. The number of ether oxygens (including phenoxy) is 2. The van der Waals surface area contributed by atoms with Crippen LogP contribution in [-0.4, -0.2) is 45.6 Å². The summed E-state index contributed by atoms with van der Waals surface area (Å²) in [6.07, 6.45) is -0.185. The number of nitrogens with one attached hydrogen (secondary N) is 1. The van der Waals surface area contributed by atoms with E-state index in [0.717, 1.165) is 48.6 Å². The molecule has 2 aromatic heterocycles. The third-order valence-corrected chi connectivity index (χ3v) is 6.94. The molecule has 0 aliphatic carbocycles. The van der Waals surface area contributed by atoms with Gasteiger partial charge in [-0.2, -0.15) is 13.2 Å². The molecule has 4 aromatic rings. The Balaban J connectivity index is 1.24. The number of rotatable bonds is 8. The van der Waals surface area contributed by atoms with Crippen LogP contribution in [0.5, 0.6) is 11.6 Å². The van der Waals surface area contributed by atoms with Crippen LogP contribution in [0.3, 0.4) is 0 Å². The van der Waals surface area contributed by atoms with Gasteiger partial charge in [0, 0.05) is 29.9 Å². The Labute approximate surface area is 233 Å². The first kappa shape index (κ1) is 28.1. The zero-order chi connectivity index (χ0) is 29.1. The molecule has 0 unspecified atom stereocenters. The minimum absolute atomic E-state index is 0.0536. The van der Waals surface area contributed by atoms with Crippen LogP contribution >= 0.6 is 0 Å². The second-order valence-electron chi connectivity index (χ2n) is 9.69. The maximum atomic E-state index is 13.6. The van der Waals surface area contributed by atoms with Gasteiger partial charge in [0.05, 0.1) is 29.8 Å². The number of esters is 1. The number of hydrogen-bond acceptors (Lipinski definition) is 7. The molecular formula is C29H27F4N5O3. The summed E-state index contributed by atoms with van der Waals surface area (Å²) >= 11 is 0. The lowest BCUT2D eigenvalue weighted by molar-refractivity contribution is -0.147. The molecule has 3 heterocycles. The van der Waals surface area contributed by atoms with E-state index in [1.54, 1.807) is 35.0 Å². The quantitative estimate of drug-likeness (QED) is 0.197. The van der Waals surface area contributed by atoms with E-state index in [0.29, 0.717) is 24.2 Å². The molecule has 0 atom stereocenters. The number of benzene rings is 2. The van der Waals surface area contributed by atoms with Gasteiger partial charge in [-0.25, -0.2) is 14.4 Å². The van der Waals surface area contributed by atoms with E-state index in [-0.39, 0.29) is 23.4 Å². The second-order valence-corrected chi connectivity index (χ2v) is 9.69. The first-order valence-corrected chi connectivity index (χ1v) is 12.8. The summed E-state index contributed by atoms with van der Waals surface area (Å²) in [5.74, 6) is -0.383. The molecule has 5 rings (SSSR count). The summed E-state index contributed by atoms with van der Waals surface area (Å²) in [4.78, 5) is 22.5. The van der Waals surface area contributed by atoms with Crippen LogP contribution in [0.25, 0.3) is 16.7 Å². The van der Waals surface area contributed by atoms with Crippen molar-refractivity contribution in [2.75, 3.05) is 25.5 Å². The van der Waals surface area contributed by atoms with Crippen LogP contribution in [0.2, 0.25) is 0 Å². The van der Waals surface area contributed by atoms with Gasteiger partial charge >= 0.3 is 12.1 Å². The molecular weight excluding hydrogens is 542 g/mol. The fraction of sp³-hybridized carbons (Fsp3) is 0.276. The Morgan fingerprint density at radius 1 is 1.10 bits per heavy atom. The summed E-state index contributed by atoms with van der Waals surface area (Å²) in [5.41, 5.74) is 0.214. The molecule has 8 nitrogen and oxygen atoms in total. The van der Waals surface area contributed by atoms with Crippen LogP contribution in [0.15, 0.2) is 67.6 Å². The highest BCUT2D eigenvalue weighted by molar-refractivity contribution is 5.86. The third-order valence-electron chi connectivity index (χ3n) is 6.94. The summed E-state index contributed by atoms with van der Waals surface area (Å²) in [6, 6.07) is 11.6. The third kappa shape index (κ3) is 6.49. The van der Waals surface area contributed by atoms with Gasteiger partial charge in [-0.05, 0) is 68.4 Å². The molecule has 1 aliphatic heterocycles. The summed E-state index contributed by atoms with van der Waals surface area (Å²) < 4.78 is 65.4. The Morgan fingerprint density at radius 3 is 2.61 bits per heavy atom. The van der Waals surface area contributed by atoms with Gasteiger partial charge in [0.15, 0.2) is 0 Å². The van der Waals surface area contributed by atoms with E-state index < -0.39 is 17.6 Å². The van der Waals surface area contributed by atoms with Crippen LogP contribution in [-0.2, 0) is 22.3 Å². The molecule has 0 amide bonds. The van der Waals surface area contributed by atoms with E-state index in [1.165, 1.54) is 19.5 Å². The average Bonchev–Trinajstić information content (AvgIpc) is 3.37. The lowest BCUT2D eigenvalue weighted by atomic mass is 9.97. The van der Waals surface area contributed by atoms with Gasteiger partial charge in [0.25, 0.3) is 0 Å². The molecule has 1 saturated heterocycles.